The van der Waals surface area contributed by atoms with Gasteiger partial charge in [-0.05, 0) is 44.3 Å². The Bertz CT molecular complexity index is 508. The SMILES string of the molecule is CNCCCC(=O)Nc1ccc(-c2nccs2)cc1. The van der Waals surface area contributed by atoms with Crippen LogP contribution in [0.25, 0.3) is 10.6 Å². The lowest BCUT2D eigenvalue weighted by Crippen LogP contribution is -2.15. The standard InChI is InChI=1S/C14H17N3OS/c1-15-8-2-3-13(18)17-12-6-4-11(5-7-12)14-16-9-10-19-14/h4-7,9-10,15H,2-3,8H2,1H3,(H,17,18). The molecule has 0 bridgehead atoms. The van der Waals surface area contributed by atoms with Crippen molar-refractivity contribution in [3.05, 3.63) is 35.8 Å². The van der Waals surface area contributed by atoms with Crippen LogP contribution < -0.4 is 10.6 Å². The third-order valence-electron chi connectivity index (χ3n) is 2.68. The van der Waals surface area contributed by atoms with E-state index in [1.54, 1.807) is 17.5 Å². The Kier molecular flexibility index (Phi) is 5.06. The first-order valence-electron chi connectivity index (χ1n) is 6.24. The molecule has 2 rings (SSSR count). The highest BCUT2D eigenvalue weighted by Crippen LogP contribution is 2.23. The first-order chi connectivity index (χ1) is 9.29. The highest BCUT2D eigenvalue weighted by atomic mass is 32.1. The van der Waals surface area contributed by atoms with Gasteiger partial charge in [0.15, 0.2) is 0 Å². The molecule has 0 aliphatic rings. The van der Waals surface area contributed by atoms with Gasteiger partial charge >= 0.3 is 0 Å². The van der Waals surface area contributed by atoms with Crippen molar-refractivity contribution in [2.45, 2.75) is 12.8 Å². The number of carbonyl (C=O) groups is 1. The summed E-state index contributed by atoms with van der Waals surface area (Å²) in [7, 11) is 1.88. The van der Waals surface area contributed by atoms with Gasteiger partial charge in [0, 0.05) is 29.2 Å². The fourth-order valence-corrected chi connectivity index (χ4v) is 2.36. The van der Waals surface area contributed by atoms with Crippen LogP contribution in [-0.4, -0.2) is 24.5 Å². The number of carbonyl (C=O) groups excluding carboxylic acids is 1. The molecule has 1 heterocycles. The summed E-state index contributed by atoms with van der Waals surface area (Å²) in [5.41, 5.74) is 1.90. The van der Waals surface area contributed by atoms with Gasteiger partial charge in [-0.15, -0.1) is 11.3 Å². The Morgan fingerprint density at radius 3 is 2.74 bits per heavy atom. The molecule has 1 aromatic carbocycles. The van der Waals surface area contributed by atoms with E-state index in [2.05, 4.69) is 15.6 Å². The first-order valence-corrected chi connectivity index (χ1v) is 7.12. The monoisotopic (exact) mass is 275 g/mol. The molecule has 4 nitrogen and oxygen atoms in total. The Morgan fingerprint density at radius 1 is 1.32 bits per heavy atom. The molecule has 5 heteroatoms. The second-order valence-corrected chi connectivity index (χ2v) is 5.06. The van der Waals surface area contributed by atoms with Gasteiger partial charge in [0.2, 0.25) is 5.91 Å². The number of nitrogens with zero attached hydrogens (tertiary/aromatic N) is 1. The van der Waals surface area contributed by atoms with Gasteiger partial charge in [0.05, 0.1) is 0 Å². The number of hydrogen-bond donors (Lipinski definition) is 2. The summed E-state index contributed by atoms with van der Waals surface area (Å²) in [5.74, 6) is 0.0530. The van der Waals surface area contributed by atoms with Crippen LogP contribution in [0.4, 0.5) is 5.69 Å². The molecular formula is C14H17N3OS. The lowest BCUT2D eigenvalue weighted by molar-refractivity contribution is -0.116. The Labute approximate surface area is 116 Å². The molecule has 0 spiro atoms. The predicted molar refractivity (Wildman–Crippen MR) is 79.3 cm³/mol. The van der Waals surface area contributed by atoms with Gasteiger partial charge in [-0.3, -0.25) is 4.79 Å². The van der Waals surface area contributed by atoms with Crippen molar-refractivity contribution in [1.82, 2.24) is 10.3 Å². The van der Waals surface area contributed by atoms with Crippen LogP contribution in [0.2, 0.25) is 0 Å². The maximum atomic E-state index is 11.7. The van der Waals surface area contributed by atoms with Gasteiger partial charge in [-0.25, -0.2) is 4.98 Å². The van der Waals surface area contributed by atoms with Gasteiger partial charge in [0.25, 0.3) is 0 Å². The number of hydrogen-bond acceptors (Lipinski definition) is 4. The summed E-state index contributed by atoms with van der Waals surface area (Å²) < 4.78 is 0. The van der Waals surface area contributed by atoms with E-state index in [0.717, 1.165) is 29.2 Å². The fourth-order valence-electron chi connectivity index (χ4n) is 1.71. The Morgan fingerprint density at radius 2 is 2.11 bits per heavy atom. The molecular weight excluding hydrogens is 258 g/mol. The zero-order chi connectivity index (χ0) is 13.5. The topological polar surface area (TPSA) is 54.0 Å². The Hall–Kier alpha value is -1.72. The molecule has 0 aliphatic carbocycles. The number of nitrogens with one attached hydrogen (secondary N) is 2. The maximum Gasteiger partial charge on any atom is 0.224 e. The van der Waals surface area contributed by atoms with Crippen molar-refractivity contribution in [3.63, 3.8) is 0 Å². The molecule has 2 aromatic rings. The van der Waals surface area contributed by atoms with Gasteiger partial charge in [-0.2, -0.15) is 0 Å². The average molecular weight is 275 g/mol. The van der Waals surface area contributed by atoms with Crippen LogP contribution in [0.5, 0.6) is 0 Å². The van der Waals surface area contributed by atoms with E-state index in [1.807, 2.05) is 36.7 Å². The summed E-state index contributed by atoms with van der Waals surface area (Å²) >= 11 is 1.60. The maximum absolute atomic E-state index is 11.7. The summed E-state index contributed by atoms with van der Waals surface area (Å²) in [6.45, 7) is 0.858. The Balaban J connectivity index is 1.90. The molecule has 0 atom stereocenters. The molecule has 0 aliphatic heterocycles. The summed E-state index contributed by atoms with van der Waals surface area (Å²) in [6.07, 6.45) is 3.17. The largest absolute Gasteiger partial charge is 0.326 e. The number of benzene rings is 1. The highest BCUT2D eigenvalue weighted by Gasteiger charge is 2.03. The van der Waals surface area contributed by atoms with Crippen LogP contribution in [-0.2, 0) is 4.79 Å². The van der Waals surface area contributed by atoms with Crippen LogP contribution in [0.1, 0.15) is 12.8 Å². The quantitative estimate of drug-likeness (QED) is 0.797. The molecule has 0 saturated heterocycles. The number of rotatable bonds is 6. The van der Waals surface area contributed by atoms with Crippen molar-refractivity contribution < 1.29 is 4.79 Å². The van der Waals surface area contributed by atoms with Crippen LogP contribution >= 0.6 is 11.3 Å². The van der Waals surface area contributed by atoms with Crippen molar-refractivity contribution >= 4 is 22.9 Å². The third kappa shape index (κ3) is 4.15. The van der Waals surface area contributed by atoms with Gasteiger partial charge in [0.1, 0.15) is 5.01 Å². The van der Waals surface area contributed by atoms with E-state index in [4.69, 9.17) is 0 Å². The number of thiazole rings is 1. The molecule has 1 aromatic heterocycles. The van der Waals surface area contributed by atoms with E-state index >= 15 is 0 Å². The fraction of sp³-hybridized carbons (Fsp3) is 0.286. The first kappa shape index (κ1) is 13.7. The van der Waals surface area contributed by atoms with Crippen molar-refractivity contribution in [1.29, 1.82) is 0 Å². The van der Waals surface area contributed by atoms with Crippen LogP contribution in [0, 0.1) is 0 Å². The zero-order valence-corrected chi connectivity index (χ0v) is 11.7. The number of anilines is 1. The molecule has 1 amide bonds. The minimum Gasteiger partial charge on any atom is -0.326 e. The number of aromatic nitrogens is 1. The minimum atomic E-state index is 0.0530. The summed E-state index contributed by atoms with van der Waals surface area (Å²) in [5, 5.41) is 8.86. The van der Waals surface area contributed by atoms with E-state index in [1.165, 1.54) is 0 Å². The molecule has 0 saturated carbocycles. The third-order valence-corrected chi connectivity index (χ3v) is 3.50. The second kappa shape index (κ2) is 7.01. The lowest BCUT2D eigenvalue weighted by Gasteiger charge is -2.05. The minimum absolute atomic E-state index is 0.0530. The number of amides is 1. The summed E-state index contributed by atoms with van der Waals surface area (Å²) in [4.78, 5) is 15.9. The normalized spacial score (nSPS) is 10.4. The van der Waals surface area contributed by atoms with E-state index < -0.39 is 0 Å². The highest BCUT2D eigenvalue weighted by molar-refractivity contribution is 7.13. The molecule has 0 fully saturated rings. The van der Waals surface area contributed by atoms with E-state index in [9.17, 15) is 4.79 Å². The molecule has 19 heavy (non-hydrogen) atoms. The zero-order valence-electron chi connectivity index (χ0n) is 10.8. The van der Waals surface area contributed by atoms with Crippen molar-refractivity contribution in [3.8, 4) is 10.6 Å². The predicted octanol–water partition coefficient (Wildman–Crippen LogP) is 2.75. The van der Waals surface area contributed by atoms with Gasteiger partial charge in [-0.1, -0.05) is 0 Å². The van der Waals surface area contributed by atoms with E-state index in [0.29, 0.717) is 6.42 Å². The summed E-state index contributed by atoms with van der Waals surface area (Å²) in [6, 6.07) is 7.77. The van der Waals surface area contributed by atoms with Crippen LogP contribution in [0.15, 0.2) is 35.8 Å². The van der Waals surface area contributed by atoms with Gasteiger partial charge < -0.3 is 10.6 Å². The molecule has 0 unspecified atom stereocenters. The lowest BCUT2D eigenvalue weighted by atomic mass is 10.2. The molecule has 0 radical (unpaired) electrons. The van der Waals surface area contributed by atoms with Crippen molar-refractivity contribution in [2.75, 3.05) is 18.9 Å². The average Bonchev–Trinajstić information content (AvgIpc) is 2.94. The van der Waals surface area contributed by atoms with Crippen LogP contribution in [0.3, 0.4) is 0 Å². The molecule has 100 valence electrons. The second-order valence-electron chi connectivity index (χ2n) is 4.17. The van der Waals surface area contributed by atoms with Crippen molar-refractivity contribution in [2.24, 2.45) is 0 Å². The van der Waals surface area contributed by atoms with E-state index in [-0.39, 0.29) is 5.91 Å². The smallest absolute Gasteiger partial charge is 0.224 e. The molecule has 2 N–H and O–H groups in total.